The Morgan fingerprint density at radius 2 is 2.11 bits per heavy atom. The fourth-order valence-corrected chi connectivity index (χ4v) is 1.95. The molecule has 0 radical (unpaired) electrons. The van der Waals surface area contributed by atoms with Gasteiger partial charge in [-0.15, -0.1) is 0 Å². The number of hydrogen-bond acceptors (Lipinski definition) is 4. The summed E-state index contributed by atoms with van der Waals surface area (Å²) < 4.78 is 22.4. The van der Waals surface area contributed by atoms with Crippen molar-refractivity contribution in [2.24, 2.45) is 10.6 Å². The third-order valence-corrected chi connectivity index (χ3v) is 4.03. The molecule has 0 bridgehead atoms. The van der Waals surface area contributed by atoms with Gasteiger partial charge < -0.3 is 10.4 Å². The first-order valence-corrected chi connectivity index (χ1v) is 7.33. The molecule has 18 heavy (non-hydrogen) atoms. The minimum Gasteiger partial charge on any atom is -0.396 e. The number of anilines is 1. The van der Waals surface area contributed by atoms with Crippen LogP contribution in [-0.4, -0.2) is 26.7 Å². The van der Waals surface area contributed by atoms with E-state index in [0.717, 1.165) is 6.42 Å². The predicted octanol–water partition coefficient (Wildman–Crippen LogP) is 1.15. The number of aliphatic hydroxyl groups excluding tert-OH is 1. The fraction of sp³-hybridized carbons (Fsp3) is 0.500. The second-order valence-corrected chi connectivity index (χ2v) is 6.31. The van der Waals surface area contributed by atoms with Crippen molar-refractivity contribution in [3.63, 3.8) is 0 Å². The number of aliphatic hydroxyl groups is 1. The zero-order valence-electron chi connectivity index (χ0n) is 10.7. The molecule has 0 aliphatic carbocycles. The van der Waals surface area contributed by atoms with E-state index in [9.17, 15) is 13.5 Å². The van der Waals surface area contributed by atoms with Crippen molar-refractivity contribution in [1.82, 2.24) is 0 Å². The molecule has 1 aromatic rings. The lowest BCUT2D eigenvalue weighted by Crippen LogP contribution is -2.29. The Hall–Kier alpha value is -1.11. The van der Waals surface area contributed by atoms with Crippen molar-refractivity contribution in [2.45, 2.75) is 25.2 Å². The molecule has 5 nitrogen and oxygen atoms in total. The van der Waals surface area contributed by atoms with Crippen molar-refractivity contribution >= 4 is 15.7 Å². The van der Waals surface area contributed by atoms with Crippen molar-refractivity contribution in [1.29, 1.82) is 0 Å². The maximum absolute atomic E-state index is 11.2. The topological polar surface area (TPSA) is 92.4 Å². The van der Waals surface area contributed by atoms with E-state index in [0.29, 0.717) is 12.2 Å². The van der Waals surface area contributed by atoms with E-state index in [1.54, 1.807) is 12.1 Å². The minimum atomic E-state index is -3.68. The lowest BCUT2D eigenvalue weighted by molar-refractivity contribution is 0.149. The lowest BCUT2D eigenvalue weighted by atomic mass is 9.88. The highest BCUT2D eigenvalue weighted by Gasteiger charge is 2.20. The highest BCUT2D eigenvalue weighted by Crippen LogP contribution is 2.22. The molecule has 0 saturated heterocycles. The highest BCUT2D eigenvalue weighted by molar-refractivity contribution is 7.89. The fourth-order valence-electron chi connectivity index (χ4n) is 1.39. The first kappa shape index (κ1) is 14.9. The summed E-state index contributed by atoms with van der Waals surface area (Å²) in [7, 11) is -3.68. The molecule has 0 aliphatic rings. The van der Waals surface area contributed by atoms with Crippen LogP contribution in [0.4, 0.5) is 5.69 Å². The molecule has 0 amide bonds. The maximum atomic E-state index is 11.2. The smallest absolute Gasteiger partial charge is 0.238 e. The minimum absolute atomic E-state index is 0.0748. The van der Waals surface area contributed by atoms with Crippen LogP contribution < -0.4 is 10.5 Å². The van der Waals surface area contributed by atoms with Crippen LogP contribution in [0.15, 0.2) is 29.2 Å². The molecular weight excluding hydrogens is 252 g/mol. The predicted molar refractivity (Wildman–Crippen MR) is 71.8 cm³/mol. The summed E-state index contributed by atoms with van der Waals surface area (Å²) >= 11 is 0. The molecule has 0 spiro atoms. The summed E-state index contributed by atoms with van der Waals surface area (Å²) in [5.41, 5.74) is 0.451. The van der Waals surface area contributed by atoms with Crippen molar-refractivity contribution in [3.05, 3.63) is 24.3 Å². The van der Waals surface area contributed by atoms with Crippen LogP contribution in [-0.2, 0) is 10.0 Å². The molecule has 0 heterocycles. The second kappa shape index (κ2) is 5.69. The molecule has 102 valence electrons. The largest absolute Gasteiger partial charge is 0.396 e. The van der Waals surface area contributed by atoms with E-state index in [2.05, 4.69) is 5.32 Å². The van der Waals surface area contributed by atoms with E-state index in [1.807, 2.05) is 13.8 Å². The van der Waals surface area contributed by atoms with Gasteiger partial charge >= 0.3 is 0 Å². The Labute approximate surface area is 108 Å². The number of nitrogens with two attached hydrogens (primary N) is 1. The number of rotatable bonds is 6. The third kappa shape index (κ3) is 3.97. The van der Waals surface area contributed by atoms with Crippen molar-refractivity contribution in [3.8, 4) is 0 Å². The van der Waals surface area contributed by atoms with Gasteiger partial charge in [0.25, 0.3) is 0 Å². The number of sulfonamides is 1. The van der Waals surface area contributed by atoms with Gasteiger partial charge in [0.05, 0.1) is 11.5 Å². The van der Waals surface area contributed by atoms with Gasteiger partial charge in [-0.05, 0) is 24.6 Å². The molecule has 0 aromatic heterocycles. The van der Waals surface area contributed by atoms with Gasteiger partial charge in [-0.1, -0.05) is 19.9 Å². The molecule has 6 heteroatoms. The summed E-state index contributed by atoms with van der Waals surface area (Å²) in [5.74, 6) is 0. The first-order chi connectivity index (χ1) is 8.30. The molecule has 0 fully saturated rings. The molecule has 4 N–H and O–H groups in total. The van der Waals surface area contributed by atoms with E-state index in [1.165, 1.54) is 12.1 Å². The number of hydrogen-bond donors (Lipinski definition) is 3. The Morgan fingerprint density at radius 3 is 2.61 bits per heavy atom. The third-order valence-electron chi connectivity index (χ3n) is 3.12. The average Bonchev–Trinajstić information content (AvgIpc) is 2.35. The maximum Gasteiger partial charge on any atom is 0.238 e. The quantitative estimate of drug-likeness (QED) is 0.724. The zero-order valence-corrected chi connectivity index (χ0v) is 11.5. The number of primary sulfonamides is 1. The Morgan fingerprint density at radius 1 is 1.44 bits per heavy atom. The Bertz CT molecular complexity index is 496. The van der Waals surface area contributed by atoms with E-state index in [4.69, 9.17) is 5.14 Å². The van der Waals surface area contributed by atoms with Gasteiger partial charge in [-0.25, -0.2) is 13.6 Å². The Balaban J connectivity index is 2.81. The summed E-state index contributed by atoms with van der Waals surface area (Å²) in [6.45, 7) is 4.60. The SMILES string of the molecule is CCC(C)(CO)CNc1cccc(S(N)(=O)=O)c1. The van der Waals surface area contributed by atoms with Gasteiger partial charge in [-0.2, -0.15) is 0 Å². The van der Waals surface area contributed by atoms with Crippen molar-refractivity contribution in [2.75, 3.05) is 18.5 Å². The van der Waals surface area contributed by atoms with Crippen LogP contribution in [0.25, 0.3) is 0 Å². The Kier molecular flexibility index (Phi) is 4.72. The van der Waals surface area contributed by atoms with Crippen LogP contribution in [0.1, 0.15) is 20.3 Å². The molecule has 0 aliphatic heterocycles. The average molecular weight is 272 g/mol. The van der Waals surface area contributed by atoms with E-state index >= 15 is 0 Å². The highest BCUT2D eigenvalue weighted by atomic mass is 32.2. The van der Waals surface area contributed by atoms with Gasteiger partial charge in [0.1, 0.15) is 0 Å². The molecular formula is C12H20N2O3S. The van der Waals surface area contributed by atoms with Gasteiger partial charge in [0.15, 0.2) is 0 Å². The number of nitrogens with one attached hydrogen (secondary N) is 1. The summed E-state index contributed by atoms with van der Waals surface area (Å²) in [5, 5.41) is 17.5. The molecule has 1 atom stereocenters. The second-order valence-electron chi connectivity index (χ2n) is 4.75. The van der Waals surface area contributed by atoms with Gasteiger partial charge in [-0.3, -0.25) is 0 Å². The first-order valence-electron chi connectivity index (χ1n) is 5.78. The normalized spacial score (nSPS) is 15.1. The monoisotopic (exact) mass is 272 g/mol. The van der Waals surface area contributed by atoms with Crippen molar-refractivity contribution < 1.29 is 13.5 Å². The van der Waals surface area contributed by atoms with E-state index in [-0.39, 0.29) is 16.9 Å². The summed E-state index contributed by atoms with van der Waals surface area (Å²) in [6, 6.07) is 6.33. The van der Waals surface area contributed by atoms with Crippen LogP contribution in [0, 0.1) is 5.41 Å². The van der Waals surface area contributed by atoms with Crippen LogP contribution in [0.3, 0.4) is 0 Å². The zero-order chi connectivity index (χ0) is 13.8. The number of benzene rings is 1. The standard InChI is InChI=1S/C12H20N2O3S/c1-3-12(2,9-15)8-14-10-5-4-6-11(7-10)18(13,16)17/h4-7,14-15H,3,8-9H2,1-2H3,(H2,13,16,17). The lowest BCUT2D eigenvalue weighted by Gasteiger charge is -2.26. The van der Waals surface area contributed by atoms with Gasteiger partial charge in [0, 0.05) is 17.6 Å². The molecule has 0 saturated carbocycles. The molecule has 1 aromatic carbocycles. The van der Waals surface area contributed by atoms with Gasteiger partial charge in [0.2, 0.25) is 10.0 Å². The summed E-state index contributed by atoms with van der Waals surface area (Å²) in [6.07, 6.45) is 0.825. The van der Waals surface area contributed by atoms with Crippen LogP contribution >= 0.6 is 0 Å². The van der Waals surface area contributed by atoms with Crippen LogP contribution in [0.2, 0.25) is 0 Å². The summed E-state index contributed by atoms with van der Waals surface area (Å²) in [4.78, 5) is 0.0784. The molecule has 1 rings (SSSR count). The molecule has 1 unspecified atom stereocenters. The van der Waals surface area contributed by atoms with E-state index < -0.39 is 10.0 Å². The van der Waals surface area contributed by atoms with Crippen LogP contribution in [0.5, 0.6) is 0 Å².